The molecule has 4 heterocycles. The molecule has 2 aromatic heterocycles. The summed E-state index contributed by atoms with van der Waals surface area (Å²) in [6.45, 7) is 3.60. The first-order valence-electron chi connectivity index (χ1n) is 10.5. The lowest BCUT2D eigenvalue weighted by molar-refractivity contribution is 0.0708. The van der Waals surface area contributed by atoms with Crippen molar-refractivity contribution in [2.75, 3.05) is 19.9 Å². The summed E-state index contributed by atoms with van der Waals surface area (Å²) in [6, 6.07) is 7.44. The number of aryl methyl sites for hydroxylation is 1. The summed E-state index contributed by atoms with van der Waals surface area (Å²) in [4.78, 5) is 35.7. The van der Waals surface area contributed by atoms with Crippen molar-refractivity contribution in [1.29, 1.82) is 0 Å². The number of aromatic nitrogens is 3. The number of hydrogen-bond acceptors (Lipinski definition) is 5. The molecule has 1 N–H and O–H groups in total. The Kier molecular flexibility index (Phi) is 4.97. The second-order valence-corrected chi connectivity index (χ2v) is 8.04. The van der Waals surface area contributed by atoms with Gasteiger partial charge < -0.3 is 23.9 Å². The molecule has 0 unspecified atom stereocenters. The van der Waals surface area contributed by atoms with Crippen LogP contribution in [0, 0.1) is 6.92 Å². The lowest BCUT2D eigenvalue weighted by atomic mass is 9.95. The van der Waals surface area contributed by atoms with Gasteiger partial charge in [-0.25, -0.2) is 4.98 Å². The fourth-order valence-corrected chi connectivity index (χ4v) is 4.30. The highest BCUT2D eigenvalue weighted by Gasteiger charge is 2.28. The number of hydrogen-bond donors (Lipinski definition) is 1. The maximum atomic E-state index is 13.2. The number of imidazole rings is 1. The standard InChI is InChI=1S/C23H24N4O4/c1-15-4-9-27(13-16-2-3-18-19(12-16)31-14-30-18)23(29)20(15)22(28)26-10-5-17(6-11-26)21-24-7-8-25-21/h2-4,7-9,12,17H,5-6,10-11,13-14H2,1H3,(H,24,25). The number of pyridine rings is 1. The third-order valence-corrected chi connectivity index (χ3v) is 6.07. The van der Waals surface area contributed by atoms with E-state index in [-0.39, 0.29) is 23.8 Å². The number of fused-ring (bicyclic) bond motifs is 1. The average Bonchev–Trinajstić information content (AvgIpc) is 3.47. The summed E-state index contributed by atoms with van der Waals surface area (Å²) in [5.74, 6) is 2.47. The topological polar surface area (TPSA) is 89.4 Å². The molecule has 1 aromatic carbocycles. The molecule has 0 spiro atoms. The zero-order valence-electron chi connectivity index (χ0n) is 17.3. The summed E-state index contributed by atoms with van der Waals surface area (Å²) in [5, 5.41) is 0. The number of rotatable bonds is 4. The van der Waals surface area contributed by atoms with E-state index < -0.39 is 0 Å². The fourth-order valence-electron chi connectivity index (χ4n) is 4.30. The molecule has 0 bridgehead atoms. The minimum Gasteiger partial charge on any atom is -0.454 e. The summed E-state index contributed by atoms with van der Waals surface area (Å²) in [5.41, 5.74) is 1.59. The predicted molar refractivity (Wildman–Crippen MR) is 114 cm³/mol. The number of nitrogens with one attached hydrogen (secondary N) is 1. The van der Waals surface area contributed by atoms with Crippen molar-refractivity contribution in [1.82, 2.24) is 19.4 Å². The van der Waals surface area contributed by atoms with Crippen molar-refractivity contribution >= 4 is 5.91 Å². The lowest BCUT2D eigenvalue weighted by Crippen LogP contribution is -2.41. The number of piperidine rings is 1. The lowest BCUT2D eigenvalue weighted by Gasteiger charge is -2.31. The molecule has 5 rings (SSSR count). The Bertz CT molecular complexity index is 1160. The van der Waals surface area contributed by atoms with Crippen molar-refractivity contribution < 1.29 is 14.3 Å². The highest BCUT2D eigenvalue weighted by Crippen LogP contribution is 2.32. The van der Waals surface area contributed by atoms with Crippen LogP contribution >= 0.6 is 0 Å². The van der Waals surface area contributed by atoms with Crippen molar-refractivity contribution in [2.45, 2.75) is 32.2 Å². The van der Waals surface area contributed by atoms with E-state index in [9.17, 15) is 9.59 Å². The number of likely N-dealkylation sites (tertiary alicyclic amines) is 1. The quantitative estimate of drug-likeness (QED) is 0.701. The molecule has 1 saturated heterocycles. The van der Waals surface area contributed by atoms with Crippen LogP contribution in [-0.4, -0.2) is 45.2 Å². The van der Waals surface area contributed by atoms with Crippen LogP contribution in [0.15, 0.2) is 47.7 Å². The third kappa shape index (κ3) is 3.69. The Labute approximate surface area is 179 Å². The van der Waals surface area contributed by atoms with Crippen LogP contribution in [0.3, 0.4) is 0 Å². The van der Waals surface area contributed by atoms with Gasteiger partial charge in [0.25, 0.3) is 11.5 Å². The van der Waals surface area contributed by atoms with Crippen molar-refractivity contribution in [3.63, 3.8) is 0 Å². The molecule has 3 aromatic rings. The molecule has 1 fully saturated rings. The summed E-state index contributed by atoms with van der Waals surface area (Å²) >= 11 is 0. The largest absolute Gasteiger partial charge is 0.454 e. The Morgan fingerprint density at radius 3 is 2.77 bits per heavy atom. The first-order valence-corrected chi connectivity index (χ1v) is 10.5. The van der Waals surface area contributed by atoms with Crippen LogP contribution in [0.2, 0.25) is 0 Å². The Hall–Kier alpha value is -3.55. The molecule has 0 atom stereocenters. The molecule has 2 aliphatic rings. The third-order valence-electron chi connectivity index (χ3n) is 6.07. The van der Waals surface area contributed by atoms with Crippen LogP contribution in [0.4, 0.5) is 0 Å². The number of amides is 1. The minimum atomic E-state index is -0.268. The molecule has 8 heteroatoms. The number of benzene rings is 1. The second-order valence-electron chi connectivity index (χ2n) is 8.04. The highest BCUT2D eigenvalue weighted by molar-refractivity contribution is 5.95. The predicted octanol–water partition coefficient (Wildman–Crippen LogP) is 2.68. The number of carbonyl (C=O) groups is 1. The average molecular weight is 420 g/mol. The van der Waals surface area contributed by atoms with Gasteiger partial charge in [0, 0.05) is 37.6 Å². The highest BCUT2D eigenvalue weighted by atomic mass is 16.7. The SMILES string of the molecule is Cc1ccn(Cc2ccc3c(c2)OCO3)c(=O)c1C(=O)N1CCC(c2ncc[nH]2)CC1. The van der Waals surface area contributed by atoms with Gasteiger partial charge in [0.2, 0.25) is 6.79 Å². The van der Waals surface area contributed by atoms with E-state index in [1.54, 1.807) is 21.9 Å². The van der Waals surface area contributed by atoms with Crippen LogP contribution in [-0.2, 0) is 6.54 Å². The Morgan fingerprint density at radius 2 is 2.00 bits per heavy atom. The molecule has 8 nitrogen and oxygen atoms in total. The van der Waals surface area contributed by atoms with Crippen molar-refractivity contribution in [2.24, 2.45) is 0 Å². The van der Waals surface area contributed by atoms with E-state index in [2.05, 4.69) is 9.97 Å². The monoisotopic (exact) mass is 420 g/mol. The van der Waals surface area contributed by atoms with Crippen molar-refractivity contribution in [3.8, 4) is 11.5 Å². The fraction of sp³-hybridized carbons (Fsp3) is 0.348. The normalized spacial score (nSPS) is 16.0. The van der Waals surface area contributed by atoms with E-state index in [1.165, 1.54) is 0 Å². The van der Waals surface area contributed by atoms with Crippen LogP contribution in [0.5, 0.6) is 11.5 Å². The molecule has 0 saturated carbocycles. The van der Waals surface area contributed by atoms with Gasteiger partial charge >= 0.3 is 0 Å². The van der Waals surface area contributed by atoms with E-state index in [0.29, 0.717) is 42.6 Å². The Balaban J connectivity index is 1.35. The smallest absolute Gasteiger partial charge is 0.263 e. The number of H-pyrrole nitrogens is 1. The van der Waals surface area contributed by atoms with E-state index >= 15 is 0 Å². The van der Waals surface area contributed by atoms with Gasteiger partial charge in [-0.3, -0.25) is 9.59 Å². The van der Waals surface area contributed by atoms with Crippen LogP contribution < -0.4 is 15.0 Å². The molecular formula is C23H24N4O4. The van der Waals surface area contributed by atoms with E-state index in [4.69, 9.17) is 9.47 Å². The second kappa shape index (κ2) is 7.94. The molecule has 0 aliphatic carbocycles. The van der Waals surface area contributed by atoms with Gasteiger partial charge in [-0.05, 0) is 49.1 Å². The van der Waals surface area contributed by atoms with Gasteiger partial charge in [-0.15, -0.1) is 0 Å². The molecule has 1 amide bonds. The number of nitrogens with zero attached hydrogens (tertiary/aromatic N) is 3. The summed E-state index contributed by atoms with van der Waals surface area (Å²) in [7, 11) is 0. The molecule has 2 aliphatic heterocycles. The Morgan fingerprint density at radius 1 is 1.19 bits per heavy atom. The molecule has 0 radical (unpaired) electrons. The summed E-state index contributed by atoms with van der Waals surface area (Å²) < 4.78 is 12.3. The van der Waals surface area contributed by atoms with Gasteiger partial charge in [0.15, 0.2) is 11.5 Å². The van der Waals surface area contributed by atoms with Crippen LogP contribution in [0.1, 0.15) is 46.1 Å². The van der Waals surface area contributed by atoms with E-state index in [1.807, 2.05) is 37.4 Å². The van der Waals surface area contributed by atoms with Gasteiger partial charge in [0.1, 0.15) is 11.4 Å². The molecular weight excluding hydrogens is 396 g/mol. The van der Waals surface area contributed by atoms with Crippen LogP contribution in [0.25, 0.3) is 0 Å². The maximum Gasteiger partial charge on any atom is 0.263 e. The first-order chi connectivity index (χ1) is 15.1. The number of aromatic amines is 1. The maximum absolute atomic E-state index is 13.2. The molecule has 31 heavy (non-hydrogen) atoms. The number of ether oxygens (including phenoxy) is 2. The van der Waals surface area contributed by atoms with E-state index in [0.717, 1.165) is 24.2 Å². The van der Waals surface area contributed by atoms with Gasteiger partial charge in [0.05, 0.1) is 6.54 Å². The van der Waals surface area contributed by atoms with Gasteiger partial charge in [-0.1, -0.05) is 6.07 Å². The molecule has 160 valence electrons. The van der Waals surface area contributed by atoms with Crippen molar-refractivity contribution in [3.05, 3.63) is 75.7 Å². The zero-order valence-corrected chi connectivity index (χ0v) is 17.3. The number of carbonyl (C=O) groups excluding carboxylic acids is 1. The van der Waals surface area contributed by atoms with Gasteiger partial charge in [-0.2, -0.15) is 0 Å². The zero-order chi connectivity index (χ0) is 21.4. The first kappa shape index (κ1) is 19.4. The summed E-state index contributed by atoms with van der Waals surface area (Å²) in [6.07, 6.45) is 6.97. The minimum absolute atomic E-state index is 0.194.